The third kappa shape index (κ3) is 5.20. The predicted molar refractivity (Wildman–Crippen MR) is 145 cm³/mol. The Morgan fingerprint density at radius 3 is 2.97 bits per heavy atom. The first kappa shape index (κ1) is 25.0. The third-order valence-electron chi connectivity index (χ3n) is 7.23. The largest absolute Gasteiger partial charge is 0.397 e. The van der Waals surface area contributed by atoms with E-state index < -0.39 is 0 Å². The summed E-state index contributed by atoms with van der Waals surface area (Å²) in [6, 6.07) is 4.22. The van der Waals surface area contributed by atoms with Crippen molar-refractivity contribution in [1.29, 1.82) is 0 Å². The van der Waals surface area contributed by atoms with Crippen LogP contribution in [0.5, 0.6) is 0 Å². The number of nitrogens with one attached hydrogen (secondary N) is 1. The van der Waals surface area contributed by atoms with Gasteiger partial charge in [-0.15, -0.1) is 11.3 Å². The number of allylic oxidation sites excluding steroid dienone is 3. The molecule has 1 saturated heterocycles. The number of aromatic nitrogens is 1. The summed E-state index contributed by atoms with van der Waals surface area (Å²) in [4.78, 5) is 22.0. The number of hydrogen-bond donors (Lipinski definition) is 3. The first-order valence-corrected chi connectivity index (χ1v) is 13.4. The highest BCUT2D eigenvalue weighted by atomic mass is 32.1. The number of rotatable bonds is 7. The van der Waals surface area contributed by atoms with Crippen molar-refractivity contribution in [1.82, 2.24) is 10.3 Å². The molecule has 36 heavy (non-hydrogen) atoms. The van der Waals surface area contributed by atoms with Gasteiger partial charge in [-0.25, -0.2) is 4.98 Å². The summed E-state index contributed by atoms with van der Waals surface area (Å²) in [6.07, 6.45) is 9.48. The third-order valence-corrected chi connectivity index (χ3v) is 8.47. The Bertz CT molecular complexity index is 1190. The fourth-order valence-electron chi connectivity index (χ4n) is 5.14. The van der Waals surface area contributed by atoms with Crippen LogP contribution in [0.1, 0.15) is 44.7 Å². The van der Waals surface area contributed by atoms with Crippen LogP contribution >= 0.6 is 11.3 Å². The molecule has 2 aliphatic carbocycles. The van der Waals surface area contributed by atoms with Crippen molar-refractivity contribution in [2.24, 2.45) is 5.73 Å². The molecule has 192 valence electrons. The zero-order chi connectivity index (χ0) is 25.2. The Balaban J connectivity index is 1.21. The second kappa shape index (κ2) is 10.7. The zero-order valence-electron chi connectivity index (χ0n) is 21.0. The molecule has 5 rings (SSSR count). The molecule has 2 aromatic rings. The fraction of sp³-hybridized carbons (Fsp3) is 0.481. The minimum Gasteiger partial charge on any atom is -0.397 e. The van der Waals surface area contributed by atoms with Gasteiger partial charge in [0, 0.05) is 48.8 Å². The molecule has 5 N–H and O–H groups in total. The van der Waals surface area contributed by atoms with Crippen LogP contribution in [0.25, 0.3) is 6.08 Å². The average molecular weight is 510 g/mol. The molecular formula is C27H35N5O3S. The van der Waals surface area contributed by atoms with Gasteiger partial charge in [0.25, 0.3) is 5.91 Å². The quantitative estimate of drug-likeness (QED) is 0.492. The van der Waals surface area contributed by atoms with E-state index >= 15 is 0 Å². The molecule has 8 nitrogen and oxygen atoms in total. The van der Waals surface area contributed by atoms with Gasteiger partial charge < -0.3 is 31.2 Å². The van der Waals surface area contributed by atoms with Crippen molar-refractivity contribution in [2.45, 2.75) is 50.8 Å². The van der Waals surface area contributed by atoms with Crippen LogP contribution in [0, 0.1) is 0 Å². The summed E-state index contributed by atoms with van der Waals surface area (Å²) in [5, 5.41) is 3.23. The monoisotopic (exact) mass is 509 g/mol. The minimum absolute atomic E-state index is 0.0205. The number of nitrogens with two attached hydrogens (primary N) is 2. The van der Waals surface area contributed by atoms with Crippen molar-refractivity contribution in [3.63, 3.8) is 0 Å². The number of carbonyl (C=O) groups is 1. The van der Waals surface area contributed by atoms with Crippen molar-refractivity contribution in [3.8, 4) is 0 Å². The number of fused-ring (bicyclic) bond motifs is 2. The number of nitrogen functional groups attached to an aromatic ring is 1. The number of hydrogen-bond acceptors (Lipinski definition) is 8. The Morgan fingerprint density at radius 1 is 1.28 bits per heavy atom. The number of carbonyl (C=O) groups excluding carboxylic acids is 1. The van der Waals surface area contributed by atoms with E-state index in [9.17, 15) is 4.79 Å². The molecule has 9 heteroatoms. The van der Waals surface area contributed by atoms with E-state index in [1.165, 1.54) is 22.5 Å². The number of pyridine rings is 1. The molecule has 0 unspecified atom stereocenters. The van der Waals surface area contributed by atoms with Gasteiger partial charge in [-0.1, -0.05) is 29.9 Å². The zero-order valence-corrected chi connectivity index (χ0v) is 21.8. The molecule has 0 spiro atoms. The molecule has 0 radical (unpaired) electrons. The van der Waals surface area contributed by atoms with E-state index in [2.05, 4.69) is 41.4 Å². The Kier molecular flexibility index (Phi) is 7.43. The van der Waals surface area contributed by atoms with Crippen LogP contribution in [0.4, 0.5) is 11.5 Å². The normalized spacial score (nSPS) is 23.1. The topological polar surface area (TPSA) is 116 Å². The maximum atomic E-state index is 13.1. The molecular weight excluding hydrogens is 474 g/mol. The van der Waals surface area contributed by atoms with Crippen molar-refractivity contribution < 1.29 is 14.3 Å². The second-order valence-electron chi connectivity index (χ2n) is 9.83. The van der Waals surface area contributed by atoms with Gasteiger partial charge in [0.1, 0.15) is 10.7 Å². The molecule has 2 aromatic heterocycles. The van der Waals surface area contributed by atoms with Gasteiger partial charge >= 0.3 is 0 Å². The number of aryl methyl sites for hydroxylation is 1. The van der Waals surface area contributed by atoms with Crippen molar-refractivity contribution in [2.75, 3.05) is 44.0 Å². The van der Waals surface area contributed by atoms with Crippen LogP contribution in [-0.2, 0) is 28.7 Å². The number of ether oxygens (including phenoxy) is 2. The van der Waals surface area contributed by atoms with Crippen LogP contribution in [0.15, 0.2) is 29.9 Å². The van der Waals surface area contributed by atoms with Gasteiger partial charge in [-0.3, -0.25) is 4.79 Å². The maximum absolute atomic E-state index is 13.1. The number of thiophene rings is 1. The first-order chi connectivity index (χ1) is 17.4. The molecule has 3 heterocycles. The lowest BCUT2D eigenvalue weighted by Gasteiger charge is -2.26. The lowest BCUT2D eigenvalue weighted by molar-refractivity contribution is 0.0212. The van der Waals surface area contributed by atoms with Crippen LogP contribution in [0.3, 0.4) is 0 Å². The molecule has 3 aliphatic rings. The van der Waals surface area contributed by atoms with Crippen LogP contribution < -0.4 is 21.7 Å². The summed E-state index contributed by atoms with van der Waals surface area (Å²) in [7, 11) is 1.67. The fourth-order valence-corrected chi connectivity index (χ4v) is 6.21. The molecule has 1 amide bonds. The van der Waals surface area contributed by atoms with E-state index in [4.69, 9.17) is 25.9 Å². The maximum Gasteiger partial charge on any atom is 0.263 e. The molecule has 0 aromatic carbocycles. The van der Waals surface area contributed by atoms with E-state index in [1.54, 1.807) is 7.11 Å². The Morgan fingerprint density at radius 2 is 2.14 bits per heavy atom. The highest BCUT2D eigenvalue weighted by molar-refractivity contribution is 7.15. The number of amides is 1. The molecule has 0 saturated carbocycles. The lowest BCUT2D eigenvalue weighted by Crippen LogP contribution is -2.39. The summed E-state index contributed by atoms with van der Waals surface area (Å²) in [5.41, 5.74) is 17.8. The molecule has 0 bridgehead atoms. The summed E-state index contributed by atoms with van der Waals surface area (Å²) < 4.78 is 11.0. The number of methoxy groups -OCH3 is 1. The number of anilines is 2. The van der Waals surface area contributed by atoms with Crippen molar-refractivity contribution in [3.05, 3.63) is 56.4 Å². The smallest absolute Gasteiger partial charge is 0.263 e. The minimum atomic E-state index is -0.0803. The van der Waals surface area contributed by atoms with Gasteiger partial charge in [-0.05, 0) is 37.8 Å². The van der Waals surface area contributed by atoms with E-state index in [0.717, 1.165) is 60.7 Å². The standard InChI is InChI=1S/C27H35N5O3S/c1-16-3-7-19-23(9-4-16)36-26(25(19)29)27(33)30-18-6-8-21-17(13-18)5-10-24(31-21)32-14-20(28)22(15-32)35-12-11-34-2/h3-5,7,10,18,20,22H,6,8-9,11-15,28-29H2,1-2H3,(H,30,33)/t18-,20-,22-/m0/s1. The predicted octanol–water partition coefficient (Wildman–Crippen LogP) is 2.71. The van der Waals surface area contributed by atoms with Gasteiger partial charge in [0.05, 0.1) is 31.0 Å². The van der Waals surface area contributed by atoms with Crippen molar-refractivity contribution >= 4 is 34.8 Å². The molecule has 3 atom stereocenters. The second-order valence-corrected chi connectivity index (χ2v) is 10.9. The molecule has 1 aliphatic heterocycles. The highest BCUT2D eigenvalue weighted by Crippen LogP contribution is 2.35. The highest BCUT2D eigenvalue weighted by Gasteiger charge is 2.32. The SMILES string of the molecule is COCCO[C@H]1CN(c2ccc3c(n2)CC[C@H](NC(=O)c2sc4c(c2N)C=CC(C)=CC4)C3)C[C@@H]1N. The summed E-state index contributed by atoms with van der Waals surface area (Å²) in [5.74, 6) is 0.859. The average Bonchev–Trinajstić information content (AvgIpc) is 3.33. The summed E-state index contributed by atoms with van der Waals surface area (Å²) in [6.45, 7) is 4.63. The van der Waals surface area contributed by atoms with Crippen LogP contribution in [0.2, 0.25) is 0 Å². The first-order valence-electron chi connectivity index (χ1n) is 12.6. The van der Waals surface area contributed by atoms with Gasteiger partial charge in [-0.2, -0.15) is 0 Å². The Labute approximate surface area is 216 Å². The molecule has 1 fully saturated rings. The van der Waals surface area contributed by atoms with Gasteiger partial charge in [0.15, 0.2) is 0 Å². The van der Waals surface area contributed by atoms with Crippen LogP contribution in [-0.4, -0.2) is 62.5 Å². The summed E-state index contributed by atoms with van der Waals surface area (Å²) >= 11 is 1.50. The van der Waals surface area contributed by atoms with E-state index in [0.29, 0.717) is 23.8 Å². The van der Waals surface area contributed by atoms with Gasteiger partial charge in [0.2, 0.25) is 0 Å². The lowest BCUT2D eigenvalue weighted by atomic mass is 9.91. The van der Waals surface area contributed by atoms with E-state index in [-0.39, 0.29) is 24.1 Å². The van der Waals surface area contributed by atoms with E-state index in [1.807, 2.05) is 6.08 Å². The Hall–Kier alpha value is -2.72. The number of nitrogens with zero attached hydrogens (tertiary/aromatic N) is 2.